The van der Waals surface area contributed by atoms with E-state index in [1.807, 2.05) is 0 Å². The van der Waals surface area contributed by atoms with Crippen molar-refractivity contribution in [3.05, 3.63) is 0 Å². The van der Waals surface area contributed by atoms with Crippen LogP contribution in [0.15, 0.2) is 4.99 Å². The molecule has 5 nitrogen and oxygen atoms in total. The van der Waals surface area contributed by atoms with Gasteiger partial charge in [-0.1, -0.05) is 26.2 Å². The molecular formula is C9H19N3O2. The average molecular weight is 201 g/mol. The van der Waals surface area contributed by atoms with E-state index in [0.29, 0.717) is 6.54 Å². The molecule has 0 aliphatic rings. The summed E-state index contributed by atoms with van der Waals surface area (Å²) in [7, 11) is 0. The molecule has 0 amide bonds. The molecule has 0 unspecified atom stereocenters. The minimum absolute atomic E-state index is 0.150. The van der Waals surface area contributed by atoms with Gasteiger partial charge in [0.05, 0.1) is 0 Å². The van der Waals surface area contributed by atoms with Gasteiger partial charge in [-0.15, -0.1) is 0 Å². The Morgan fingerprint density at radius 1 is 1.43 bits per heavy atom. The molecule has 0 radical (unpaired) electrons. The minimum Gasteiger partial charge on any atom is -0.368 e. The van der Waals surface area contributed by atoms with E-state index in [4.69, 9.17) is 5.73 Å². The normalized spacial score (nSPS) is 11.1. The van der Waals surface area contributed by atoms with Gasteiger partial charge in [0.2, 0.25) is 5.96 Å². The molecule has 82 valence electrons. The van der Waals surface area contributed by atoms with Gasteiger partial charge in [-0.2, -0.15) is 5.48 Å². The fourth-order valence-corrected chi connectivity index (χ4v) is 0.895. The summed E-state index contributed by atoms with van der Waals surface area (Å²) in [6, 6.07) is 0. The third-order valence-electron chi connectivity index (χ3n) is 1.59. The average Bonchev–Trinajstić information content (AvgIpc) is 2.14. The molecule has 0 aromatic heterocycles. The van der Waals surface area contributed by atoms with Crippen molar-refractivity contribution in [1.29, 1.82) is 0 Å². The van der Waals surface area contributed by atoms with Crippen LogP contribution < -0.4 is 11.2 Å². The highest BCUT2D eigenvalue weighted by molar-refractivity contribution is 5.78. The lowest BCUT2D eigenvalue weighted by Gasteiger charge is -2.03. The van der Waals surface area contributed by atoms with Crippen LogP contribution in [0.25, 0.3) is 0 Å². The second-order valence-electron chi connectivity index (χ2n) is 3.02. The molecule has 0 bridgehead atoms. The van der Waals surface area contributed by atoms with Crippen LogP contribution in [0.5, 0.6) is 0 Å². The number of unbranched alkanes of at least 4 members (excludes halogenated alkanes) is 3. The summed E-state index contributed by atoms with van der Waals surface area (Å²) in [5.74, 6) is -0.286. The third-order valence-corrected chi connectivity index (χ3v) is 1.59. The van der Waals surface area contributed by atoms with Crippen molar-refractivity contribution in [3.8, 4) is 0 Å². The van der Waals surface area contributed by atoms with E-state index in [0.717, 1.165) is 12.8 Å². The lowest BCUT2D eigenvalue weighted by Crippen LogP contribution is -2.33. The smallest absolute Gasteiger partial charge is 0.329 e. The number of carbonyl (C=O) groups excluding carboxylic acids is 1. The fraction of sp³-hybridized carbons (Fsp3) is 0.778. The summed E-state index contributed by atoms with van der Waals surface area (Å²) < 4.78 is 0. The van der Waals surface area contributed by atoms with Gasteiger partial charge in [-0.25, -0.2) is 0 Å². The van der Waals surface area contributed by atoms with Crippen LogP contribution in [0.1, 0.15) is 39.5 Å². The van der Waals surface area contributed by atoms with Crippen LogP contribution in [0.2, 0.25) is 0 Å². The molecule has 0 saturated carbocycles. The van der Waals surface area contributed by atoms with E-state index < -0.39 is 5.97 Å². The van der Waals surface area contributed by atoms with E-state index in [1.54, 1.807) is 0 Å². The first-order chi connectivity index (χ1) is 6.66. The largest absolute Gasteiger partial charge is 0.368 e. The van der Waals surface area contributed by atoms with Crippen LogP contribution in [-0.4, -0.2) is 18.5 Å². The van der Waals surface area contributed by atoms with Gasteiger partial charge >= 0.3 is 5.97 Å². The number of nitrogens with zero attached hydrogens (tertiary/aromatic N) is 1. The van der Waals surface area contributed by atoms with Crippen LogP contribution in [0.3, 0.4) is 0 Å². The summed E-state index contributed by atoms with van der Waals surface area (Å²) in [4.78, 5) is 18.8. The number of nitrogens with one attached hydrogen (secondary N) is 1. The Morgan fingerprint density at radius 3 is 2.71 bits per heavy atom. The van der Waals surface area contributed by atoms with Crippen LogP contribution >= 0.6 is 0 Å². The van der Waals surface area contributed by atoms with Crippen molar-refractivity contribution in [3.63, 3.8) is 0 Å². The Bertz CT molecular complexity index is 192. The second kappa shape index (κ2) is 8.34. The topological polar surface area (TPSA) is 76.7 Å². The number of aliphatic imine (C=N–C) groups is 1. The van der Waals surface area contributed by atoms with Gasteiger partial charge in [0.1, 0.15) is 0 Å². The molecule has 0 saturated heterocycles. The highest BCUT2D eigenvalue weighted by Crippen LogP contribution is 1.98. The molecule has 0 aromatic carbocycles. The number of guanidine groups is 1. The predicted octanol–water partition coefficient (Wildman–Crippen LogP) is 0.949. The molecule has 0 spiro atoms. The van der Waals surface area contributed by atoms with E-state index in [9.17, 15) is 4.79 Å². The Morgan fingerprint density at radius 2 is 2.14 bits per heavy atom. The highest BCUT2D eigenvalue weighted by Gasteiger charge is 1.94. The Hall–Kier alpha value is -1.26. The van der Waals surface area contributed by atoms with Gasteiger partial charge in [0.25, 0.3) is 0 Å². The predicted molar refractivity (Wildman–Crippen MR) is 55.5 cm³/mol. The monoisotopic (exact) mass is 201 g/mol. The van der Waals surface area contributed by atoms with Crippen molar-refractivity contribution >= 4 is 11.9 Å². The minimum atomic E-state index is -0.436. The SMILES string of the molecule is CCCCCCN=C(N)NOC(C)=O. The zero-order valence-electron chi connectivity index (χ0n) is 8.88. The maximum Gasteiger partial charge on any atom is 0.329 e. The second-order valence-corrected chi connectivity index (χ2v) is 3.02. The molecule has 0 heterocycles. The van der Waals surface area contributed by atoms with Crippen molar-refractivity contribution in [2.75, 3.05) is 6.54 Å². The van der Waals surface area contributed by atoms with Crippen molar-refractivity contribution in [2.45, 2.75) is 39.5 Å². The summed E-state index contributed by atoms with van der Waals surface area (Å²) in [5, 5.41) is 0. The molecule has 0 aliphatic carbocycles. The number of hydrogen-bond donors (Lipinski definition) is 2. The van der Waals surface area contributed by atoms with Gasteiger partial charge in [-0.05, 0) is 6.42 Å². The first-order valence-electron chi connectivity index (χ1n) is 4.90. The number of rotatable bonds is 5. The van der Waals surface area contributed by atoms with Crippen LogP contribution in [0.4, 0.5) is 0 Å². The first kappa shape index (κ1) is 12.7. The number of hydroxylamine groups is 1. The Balaban J connectivity index is 3.41. The molecule has 0 aliphatic heterocycles. The summed E-state index contributed by atoms with van der Waals surface area (Å²) in [6.45, 7) is 4.11. The van der Waals surface area contributed by atoms with E-state index in [2.05, 4.69) is 22.2 Å². The summed E-state index contributed by atoms with van der Waals surface area (Å²) in [6.07, 6.45) is 4.58. The molecular weight excluding hydrogens is 182 g/mol. The van der Waals surface area contributed by atoms with E-state index in [1.165, 1.54) is 19.8 Å². The maximum absolute atomic E-state index is 10.4. The van der Waals surface area contributed by atoms with Crippen LogP contribution in [0, 0.1) is 0 Å². The number of hydrogen-bond acceptors (Lipinski definition) is 3. The Kier molecular flexibility index (Phi) is 7.59. The van der Waals surface area contributed by atoms with E-state index in [-0.39, 0.29) is 5.96 Å². The zero-order valence-corrected chi connectivity index (χ0v) is 8.88. The van der Waals surface area contributed by atoms with Crippen LogP contribution in [-0.2, 0) is 9.63 Å². The van der Waals surface area contributed by atoms with Gasteiger partial charge in [-0.3, -0.25) is 9.79 Å². The zero-order chi connectivity index (χ0) is 10.8. The molecule has 0 atom stereocenters. The lowest BCUT2D eigenvalue weighted by atomic mass is 10.2. The van der Waals surface area contributed by atoms with Crippen molar-refractivity contribution in [2.24, 2.45) is 10.7 Å². The summed E-state index contributed by atoms with van der Waals surface area (Å²) in [5.41, 5.74) is 7.65. The van der Waals surface area contributed by atoms with Crippen molar-refractivity contribution in [1.82, 2.24) is 5.48 Å². The quantitative estimate of drug-likeness (QED) is 0.300. The van der Waals surface area contributed by atoms with E-state index >= 15 is 0 Å². The lowest BCUT2D eigenvalue weighted by molar-refractivity contribution is -0.145. The van der Waals surface area contributed by atoms with Gasteiger partial charge in [0.15, 0.2) is 0 Å². The molecule has 5 heteroatoms. The standard InChI is InChI=1S/C9H19N3O2/c1-3-4-5-6-7-11-9(10)12-14-8(2)13/h3-7H2,1-2H3,(H3,10,11,12). The molecule has 14 heavy (non-hydrogen) atoms. The first-order valence-corrected chi connectivity index (χ1v) is 4.90. The van der Waals surface area contributed by atoms with Gasteiger partial charge in [0, 0.05) is 13.5 Å². The number of nitrogens with two attached hydrogens (primary N) is 1. The molecule has 0 rings (SSSR count). The summed E-state index contributed by atoms with van der Waals surface area (Å²) >= 11 is 0. The molecule has 3 N–H and O–H groups in total. The number of carbonyl (C=O) groups is 1. The fourth-order valence-electron chi connectivity index (χ4n) is 0.895. The molecule has 0 aromatic rings. The van der Waals surface area contributed by atoms with Crippen molar-refractivity contribution < 1.29 is 9.63 Å². The highest BCUT2D eigenvalue weighted by atomic mass is 16.7. The Labute approximate surface area is 84.7 Å². The van der Waals surface area contributed by atoms with Gasteiger partial charge < -0.3 is 10.6 Å². The third kappa shape index (κ3) is 8.83. The maximum atomic E-state index is 10.4. The molecule has 0 fully saturated rings.